The Balaban J connectivity index is 2.29. The first-order valence-corrected chi connectivity index (χ1v) is 5.36. The molecule has 0 unspecified atom stereocenters. The number of ether oxygens (including phenoxy) is 1. The fraction of sp³-hybridized carbons (Fsp3) is 0.545. The topological polar surface area (TPSA) is 51.4 Å². The van der Waals surface area contributed by atoms with Gasteiger partial charge in [-0.1, -0.05) is 0 Å². The van der Waals surface area contributed by atoms with Crippen LogP contribution in [0.1, 0.15) is 19.3 Å². The number of nitrogen functional groups attached to an aromatic ring is 1. The van der Waals surface area contributed by atoms with Crippen molar-refractivity contribution in [2.24, 2.45) is 0 Å². The fourth-order valence-corrected chi connectivity index (χ4v) is 1.99. The van der Waals surface area contributed by atoms with Gasteiger partial charge < -0.3 is 15.4 Å². The predicted molar refractivity (Wildman–Crippen MR) is 61.3 cm³/mol. The lowest BCUT2D eigenvalue weighted by molar-refractivity contribution is 0.412. The molecule has 15 heavy (non-hydrogen) atoms. The highest BCUT2D eigenvalue weighted by Crippen LogP contribution is 2.32. The number of methoxy groups -OCH3 is 1. The summed E-state index contributed by atoms with van der Waals surface area (Å²) in [5, 5.41) is 0. The molecule has 0 aliphatic carbocycles. The van der Waals surface area contributed by atoms with Crippen LogP contribution in [0.2, 0.25) is 0 Å². The molecule has 0 aromatic carbocycles. The molecular formula is C11H17N3O. The number of aromatic nitrogens is 1. The van der Waals surface area contributed by atoms with E-state index < -0.39 is 0 Å². The molecule has 1 aliphatic rings. The molecule has 0 spiro atoms. The molecule has 4 nitrogen and oxygen atoms in total. The molecule has 1 aromatic heterocycles. The summed E-state index contributed by atoms with van der Waals surface area (Å²) in [6, 6.07) is 1.77. The third kappa shape index (κ3) is 1.98. The van der Waals surface area contributed by atoms with Gasteiger partial charge in [0.2, 0.25) is 0 Å². The standard InChI is InChI=1S/C11H17N3O/c1-15-10-9(12)5-6-13-11(10)14-7-3-2-4-8-14/h5-6H,2-4,7-8H2,1H3,(H2,12,13). The zero-order valence-corrected chi connectivity index (χ0v) is 9.07. The molecule has 2 rings (SSSR count). The lowest BCUT2D eigenvalue weighted by Gasteiger charge is -2.29. The maximum absolute atomic E-state index is 5.85. The number of hydrogen-bond acceptors (Lipinski definition) is 4. The number of rotatable bonds is 2. The summed E-state index contributed by atoms with van der Waals surface area (Å²) in [6.45, 7) is 2.10. The minimum Gasteiger partial charge on any atom is -0.491 e. The molecule has 82 valence electrons. The van der Waals surface area contributed by atoms with Crippen molar-refractivity contribution < 1.29 is 4.74 Å². The third-order valence-corrected chi connectivity index (χ3v) is 2.78. The highest BCUT2D eigenvalue weighted by Gasteiger charge is 2.17. The van der Waals surface area contributed by atoms with Gasteiger partial charge in [-0.2, -0.15) is 0 Å². The normalized spacial score (nSPS) is 16.5. The summed E-state index contributed by atoms with van der Waals surface area (Å²) in [6.07, 6.45) is 5.49. The van der Waals surface area contributed by atoms with Crippen molar-refractivity contribution in [3.05, 3.63) is 12.3 Å². The van der Waals surface area contributed by atoms with E-state index in [2.05, 4.69) is 9.88 Å². The van der Waals surface area contributed by atoms with E-state index >= 15 is 0 Å². The van der Waals surface area contributed by atoms with Gasteiger partial charge in [-0.05, 0) is 25.3 Å². The molecule has 1 fully saturated rings. The van der Waals surface area contributed by atoms with Crippen molar-refractivity contribution in [1.29, 1.82) is 0 Å². The molecule has 0 bridgehead atoms. The summed E-state index contributed by atoms with van der Waals surface area (Å²) in [5.41, 5.74) is 6.51. The lowest BCUT2D eigenvalue weighted by atomic mass is 10.1. The average Bonchev–Trinajstić information content (AvgIpc) is 2.30. The van der Waals surface area contributed by atoms with E-state index in [9.17, 15) is 0 Å². The van der Waals surface area contributed by atoms with Gasteiger partial charge in [0.05, 0.1) is 12.8 Å². The zero-order valence-electron chi connectivity index (χ0n) is 9.07. The Labute approximate surface area is 90.0 Å². The summed E-state index contributed by atoms with van der Waals surface area (Å²) >= 11 is 0. The zero-order chi connectivity index (χ0) is 10.7. The predicted octanol–water partition coefficient (Wildman–Crippen LogP) is 1.66. The van der Waals surface area contributed by atoms with Gasteiger partial charge in [-0.3, -0.25) is 0 Å². The van der Waals surface area contributed by atoms with Crippen molar-refractivity contribution in [1.82, 2.24) is 4.98 Å². The van der Waals surface area contributed by atoms with Crippen molar-refractivity contribution in [2.75, 3.05) is 30.8 Å². The molecule has 2 N–H and O–H groups in total. The highest BCUT2D eigenvalue weighted by atomic mass is 16.5. The second-order valence-electron chi connectivity index (χ2n) is 3.80. The molecule has 1 aliphatic heterocycles. The van der Waals surface area contributed by atoms with E-state index in [4.69, 9.17) is 10.5 Å². The van der Waals surface area contributed by atoms with Gasteiger partial charge in [0.15, 0.2) is 11.6 Å². The number of nitrogens with two attached hydrogens (primary N) is 1. The van der Waals surface area contributed by atoms with Crippen LogP contribution in [-0.4, -0.2) is 25.2 Å². The summed E-state index contributed by atoms with van der Waals surface area (Å²) in [7, 11) is 1.64. The Morgan fingerprint density at radius 3 is 2.73 bits per heavy atom. The van der Waals surface area contributed by atoms with E-state index in [-0.39, 0.29) is 0 Å². The van der Waals surface area contributed by atoms with E-state index in [1.807, 2.05) is 0 Å². The molecular weight excluding hydrogens is 190 g/mol. The largest absolute Gasteiger partial charge is 0.491 e. The number of pyridine rings is 1. The maximum atomic E-state index is 5.85. The van der Waals surface area contributed by atoms with Crippen LogP contribution in [0.4, 0.5) is 11.5 Å². The smallest absolute Gasteiger partial charge is 0.184 e. The molecule has 1 aromatic rings. The van der Waals surface area contributed by atoms with Crippen LogP contribution in [0.3, 0.4) is 0 Å². The van der Waals surface area contributed by atoms with E-state index in [1.165, 1.54) is 19.3 Å². The second kappa shape index (κ2) is 4.38. The SMILES string of the molecule is COc1c(N)ccnc1N1CCCCC1. The van der Waals surface area contributed by atoms with Crippen LogP contribution in [0.25, 0.3) is 0 Å². The van der Waals surface area contributed by atoms with Gasteiger partial charge in [0, 0.05) is 19.3 Å². The summed E-state index contributed by atoms with van der Waals surface area (Å²) in [4.78, 5) is 6.60. The van der Waals surface area contributed by atoms with Crippen molar-refractivity contribution in [3.63, 3.8) is 0 Å². The quantitative estimate of drug-likeness (QED) is 0.801. The van der Waals surface area contributed by atoms with Crippen LogP contribution in [-0.2, 0) is 0 Å². The van der Waals surface area contributed by atoms with Gasteiger partial charge >= 0.3 is 0 Å². The van der Waals surface area contributed by atoms with Crippen LogP contribution in [0.15, 0.2) is 12.3 Å². The molecule has 0 radical (unpaired) electrons. The van der Waals surface area contributed by atoms with E-state index in [1.54, 1.807) is 19.4 Å². The van der Waals surface area contributed by atoms with Gasteiger partial charge in [-0.15, -0.1) is 0 Å². The maximum Gasteiger partial charge on any atom is 0.184 e. The van der Waals surface area contributed by atoms with Crippen molar-refractivity contribution in [2.45, 2.75) is 19.3 Å². The minimum absolute atomic E-state index is 0.660. The first-order valence-electron chi connectivity index (χ1n) is 5.36. The van der Waals surface area contributed by atoms with Crippen LogP contribution in [0.5, 0.6) is 5.75 Å². The van der Waals surface area contributed by atoms with E-state index in [0.29, 0.717) is 11.4 Å². The Hall–Kier alpha value is -1.45. The van der Waals surface area contributed by atoms with Crippen molar-refractivity contribution >= 4 is 11.5 Å². The molecule has 1 saturated heterocycles. The Kier molecular flexibility index (Phi) is 2.94. The molecule has 0 saturated carbocycles. The van der Waals surface area contributed by atoms with Crippen LogP contribution >= 0.6 is 0 Å². The Bertz CT molecular complexity index is 335. The number of nitrogens with zero attached hydrogens (tertiary/aromatic N) is 2. The van der Waals surface area contributed by atoms with Crippen molar-refractivity contribution in [3.8, 4) is 5.75 Å². The lowest BCUT2D eigenvalue weighted by Crippen LogP contribution is -2.30. The Morgan fingerprint density at radius 2 is 2.07 bits per heavy atom. The first kappa shape index (κ1) is 10.1. The van der Waals surface area contributed by atoms with Gasteiger partial charge in [-0.25, -0.2) is 4.98 Å². The van der Waals surface area contributed by atoms with E-state index in [0.717, 1.165) is 18.9 Å². The number of piperidine rings is 1. The van der Waals surface area contributed by atoms with Gasteiger partial charge in [0.1, 0.15) is 0 Å². The second-order valence-corrected chi connectivity index (χ2v) is 3.80. The highest BCUT2D eigenvalue weighted by molar-refractivity contribution is 5.66. The summed E-state index contributed by atoms with van der Waals surface area (Å²) < 4.78 is 5.30. The molecule has 0 atom stereocenters. The molecule has 2 heterocycles. The summed E-state index contributed by atoms with van der Waals surface area (Å²) in [5.74, 6) is 1.59. The molecule has 4 heteroatoms. The first-order chi connectivity index (χ1) is 7.33. The fourth-order valence-electron chi connectivity index (χ4n) is 1.99. The number of hydrogen-bond donors (Lipinski definition) is 1. The average molecular weight is 207 g/mol. The molecule has 0 amide bonds. The minimum atomic E-state index is 0.660. The van der Waals surface area contributed by atoms with Crippen LogP contribution < -0.4 is 15.4 Å². The third-order valence-electron chi connectivity index (χ3n) is 2.78. The Morgan fingerprint density at radius 1 is 1.33 bits per heavy atom. The van der Waals surface area contributed by atoms with Crippen LogP contribution in [0, 0.1) is 0 Å². The van der Waals surface area contributed by atoms with Gasteiger partial charge in [0.25, 0.3) is 0 Å². The monoisotopic (exact) mass is 207 g/mol. The number of anilines is 2.